The number of nitrogens with one attached hydrogen (secondary N) is 1. The zero-order valence-corrected chi connectivity index (χ0v) is 10.8. The summed E-state index contributed by atoms with van der Waals surface area (Å²) < 4.78 is 4.66. The molecule has 0 spiro atoms. The number of ether oxygens (including phenoxy) is 1. The summed E-state index contributed by atoms with van der Waals surface area (Å²) in [5.74, 6) is -1.37. The van der Waals surface area contributed by atoms with Crippen molar-refractivity contribution in [2.24, 2.45) is 5.73 Å². The highest BCUT2D eigenvalue weighted by molar-refractivity contribution is 6.08. The van der Waals surface area contributed by atoms with Gasteiger partial charge in [0.05, 0.1) is 6.61 Å². The molecule has 0 heterocycles. The molecule has 0 aliphatic rings. The normalized spacial score (nSPS) is 11.7. The highest BCUT2D eigenvalue weighted by Crippen LogP contribution is 2.10. The SMILES string of the molecule is CCOC(=O)C(N)C(=O)Nc1ccc(CCO)cc1. The largest absolute Gasteiger partial charge is 0.464 e. The highest BCUT2D eigenvalue weighted by Gasteiger charge is 2.23. The van der Waals surface area contributed by atoms with Crippen LogP contribution < -0.4 is 11.1 Å². The maximum atomic E-state index is 11.7. The van der Waals surface area contributed by atoms with Gasteiger partial charge in [-0.3, -0.25) is 4.79 Å². The fraction of sp³-hybridized carbons (Fsp3) is 0.385. The highest BCUT2D eigenvalue weighted by atomic mass is 16.5. The number of esters is 1. The molecule has 1 atom stereocenters. The fourth-order valence-electron chi connectivity index (χ4n) is 1.44. The number of hydrogen-bond donors (Lipinski definition) is 3. The quantitative estimate of drug-likeness (QED) is 0.499. The van der Waals surface area contributed by atoms with E-state index in [2.05, 4.69) is 10.1 Å². The van der Waals surface area contributed by atoms with E-state index in [4.69, 9.17) is 10.8 Å². The summed E-state index contributed by atoms with van der Waals surface area (Å²) >= 11 is 0. The Bertz CT molecular complexity index is 431. The number of amides is 1. The first kappa shape index (κ1) is 15.1. The maximum absolute atomic E-state index is 11.7. The third kappa shape index (κ3) is 4.69. The van der Waals surface area contributed by atoms with Gasteiger partial charge >= 0.3 is 5.97 Å². The topological polar surface area (TPSA) is 102 Å². The number of anilines is 1. The number of rotatable bonds is 6. The average molecular weight is 266 g/mol. The second kappa shape index (κ2) is 7.50. The third-order valence-electron chi connectivity index (χ3n) is 2.44. The molecule has 1 unspecified atom stereocenters. The van der Waals surface area contributed by atoms with E-state index in [0.29, 0.717) is 12.1 Å². The minimum absolute atomic E-state index is 0.0689. The van der Waals surface area contributed by atoms with E-state index in [1.807, 2.05) is 0 Å². The lowest BCUT2D eigenvalue weighted by Crippen LogP contribution is -2.43. The maximum Gasteiger partial charge on any atom is 0.332 e. The Balaban J connectivity index is 2.58. The van der Waals surface area contributed by atoms with Crippen LogP contribution in [0.1, 0.15) is 12.5 Å². The molecule has 0 radical (unpaired) electrons. The predicted molar refractivity (Wildman–Crippen MR) is 70.5 cm³/mol. The zero-order chi connectivity index (χ0) is 14.3. The van der Waals surface area contributed by atoms with Crippen LogP contribution in [0, 0.1) is 0 Å². The number of aliphatic hydroxyl groups is 1. The molecule has 0 saturated carbocycles. The summed E-state index contributed by atoms with van der Waals surface area (Å²) in [6, 6.07) is 5.59. The van der Waals surface area contributed by atoms with Crippen molar-refractivity contribution in [1.82, 2.24) is 0 Å². The Morgan fingerprint density at radius 3 is 2.53 bits per heavy atom. The van der Waals surface area contributed by atoms with Gasteiger partial charge < -0.3 is 20.9 Å². The van der Waals surface area contributed by atoms with Crippen molar-refractivity contribution in [3.8, 4) is 0 Å². The minimum atomic E-state index is -1.34. The van der Waals surface area contributed by atoms with Crippen LogP contribution in [0.3, 0.4) is 0 Å². The molecule has 0 fully saturated rings. The van der Waals surface area contributed by atoms with Gasteiger partial charge in [0.1, 0.15) is 0 Å². The Morgan fingerprint density at radius 1 is 1.37 bits per heavy atom. The smallest absolute Gasteiger partial charge is 0.332 e. The van der Waals surface area contributed by atoms with Gasteiger partial charge in [-0.2, -0.15) is 0 Å². The summed E-state index contributed by atoms with van der Waals surface area (Å²) in [5, 5.41) is 11.3. The molecule has 19 heavy (non-hydrogen) atoms. The van der Waals surface area contributed by atoms with Crippen LogP contribution in [-0.2, 0) is 20.7 Å². The van der Waals surface area contributed by atoms with Gasteiger partial charge in [0.15, 0.2) is 6.04 Å². The number of carbonyl (C=O) groups is 2. The van der Waals surface area contributed by atoms with Crippen molar-refractivity contribution in [3.63, 3.8) is 0 Å². The van der Waals surface area contributed by atoms with E-state index >= 15 is 0 Å². The molecule has 6 heteroatoms. The molecule has 0 aromatic heterocycles. The lowest BCUT2D eigenvalue weighted by Gasteiger charge is -2.11. The molecule has 0 aliphatic carbocycles. The number of nitrogens with two attached hydrogens (primary N) is 1. The molecule has 1 aromatic rings. The molecule has 1 amide bonds. The number of aliphatic hydroxyl groups excluding tert-OH is 1. The van der Waals surface area contributed by atoms with E-state index < -0.39 is 17.9 Å². The van der Waals surface area contributed by atoms with Crippen molar-refractivity contribution in [3.05, 3.63) is 29.8 Å². The van der Waals surface area contributed by atoms with E-state index in [9.17, 15) is 9.59 Å². The Hall–Kier alpha value is -1.92. The van der Waals surface area contributed by atoms with E-state index in [1.165, 1.54) is 0 Å². The standard InChI is InChI=1S/C13H18N2O4/c1-2-19-13(18)11(14)12(17)15-10-5-3-9(4-6-10)7-8-16/h3-6,11,16H,2,7-8,14H2,1H3,(H,15,17). The zero-order valence-electron chi connectivity index (χ0n) is 10.8. The first-order valence-corrected chi connectivity index (χ1v) is 6.01. The van der Waals surface area contributed by atoms with Crippen LogP contribution >= 0.6 is 0 Å². The molecule has 0 aliphatic heterocycles. The van der Waals surface area contributed by atoms with E-state index in [1.54, 1.807) is 31.2 Å². The van der Waals surface area contributed by atoms with Gasteiger partial charge in [0.2, 0.25) is 0 Å². The van der Waals surface area contributed by atoms with Crippen molar-refractivity contribution < 1.29 is 19.4 Å². The second-order valence-electron chi connectivity index (χ2n) is 3.89. The molecular formula is C13H18N2O4. The molecule has 4 N–H and O–H groups in total. The first-order valence-electron chi connectivity index (χ1n) is 6.01. The number of carbonyl (C=O) groups excluding carboxylic acids is 2. The second-order valence-corrected chi connectivity index (χ2v) is 3.89. The molecule has 1 rings (SSSR count). The summed E-state index contributed by atoms with van der Waals surface area (Å²) in [4.78, 5) is 22.9. The summed E-state index contributed by atoms with van der Waals surface area (Å²) in [6.45, 7) is 1.89. The first-order chi connectivity index (χ1) is 9.08. The van der Waals surface area contributed by atoms with Crippen LogP contribution in [0.5, 0.6) is 0 Å². The van der Waals surface area contributed by atoms with Gasteiger partial charge in [-0.1, -0.05) is 12.1 Å². The van der Waals surface area contributed by atoms with Gasteiger partial charge in [-0.05, 0) is 31.0 Å². The number of benzene rings is 1. The van der Waals surface area contributed by atoms with Crippen LogP contribution in [0.4, 0.5) is 5.69 Å². The van der Waals surface area contributed by atoms with Gasteiger partial charge in [0.25, 0.3) is 5.91 Å². The summed E-state index contributed by atoms with van der Waals surface area (Å²) in [6.07, 6.45) is 0.552. The average Bonchev–Trinajstić information content (AvgIpc) is 2.40. The molecule has 0 bridgehead atoms. The minimum Gasteiger partial charge on any atom is -0.464 e. The van der Waals surface area contributed by atoms with Crippen LogP contribution in [0.2, 0.25) is 0 Å². The van der Waals surface area contributed by atoms with Crippen LogP contribution in [-0.4, -0.2) is 36.2 Å². The number of hydrogen-bond acceptors (Lipinski definition) is 5. The van der Waals surface area contributed by atoms with Gasteiger partial charge in [0, 0.05) is 12.3 Å². The Morgan fingerprint density at radius 2 is 2.00 bits per heavy atom. The Labute approximate surface area is 111 Å². The Kier molecular flexibility index (Phi) is 5.98. The summed E-state index contributed by atoms with van der Waals surface area (Å²) in [5.41, 5.74) is 6.94. The molecule has 1 aromatic carbocycles. The van der Waals surface area contributed by atoms with Crippen molar-refractivity contribution in [2.75, 3.05) is 18.5 Å². The molecular weight excluding hydrogens is 248 g/mol. The molecule has 6 nitrogen and oxygen atoms in total. The van der Waals surface area contributed by atoms with Crippen molar-refractivity contribution in [2.45, 2.75) is 19.4 Å². The lowest BCUT2D eigenvalue weighted by atomic mass is 10.1. The van der Waals surface area contributed by atoms with Crippen LogP contribution in [0.15, 0.2) is 24.3 Å². The van der Waals surface area contributed by atoms with E-state index in [0.717, 1.165) is 5.56 Å². The molecule has 104 valence electrons. The van der Waals surface area contributed by atoms with Crippen LogP contribution in [0.25, 0.3) is 0 Å². The summed E-state index contributed by atoms with van der Waals surface area (Å²) in [7, 11) is 0. The molecule has 0 saturated heterocycles. The van der Waals surface area contributed by atoms with Gasteiger partial charge in [-0.25, -0.2) is 4.79 Å². The van der Waals surface area contributed by atoms with Crippen molar-refractivity contribution in [1.29, 1.82) is 0 Å². The van der Waals surface area contributed by atoms with Gasteiger partial charge in [-0.15, -0.1) is 0 Å². The third-order valence-corrected chi connectivity index (χ3v) is 2.44. The predicted octanol–water partition coefficient (Wildman–Crippen LogP) is 0.0503. The van der Waals surface area contributed by atoms with Crippen molar-refractivity contribution >= 4 is 17.6 Å². The fourth-order valence-corrected chi connectivity index (χ4v) is 1.44. The lowest BCUT2D eigenvalue weighted by molar-refractivity contribution is -0.146. The monoisotopic (exact) mass is 266 g/mol. The van der Waals surface area contributed by atoms with E-state index in [-0.39, 0.29) is 13.2 Å².